The first-order valence-corrected chi connectivity index (χ1v) is 3.39. The summed E-state index contributed by atoms with van der Waals surface area (Å²) in [5.74, 6) is 0.529. The monoisotopic (exact) mass is 152 g/mol. The van der Waals surface area contributed by atoms with Crippen LogP contribution in [-0.2, 0) is 0 Å². The summed E-state index contributed by atoms with van der Waals surface area (Å²) in [5, 5.41) is 3.06. The van der Waals surface area contributed by atoms with Crippen LogP contribution >= 0.6 is 0 Å². The van der Waals surface area contributed by atoms with E-state index in [0.717, 1.165) is 12.2 Å². The van der Waals surface area contributed by atoms with Gasteiger partial charge in [-0.3, -0.25) is 0 Å². The number of methoxy groups -OCH3 is 1. The third-order valence-electron chi connectivity index (χ3n) is 1.19. The van der Waals surface area contributed by atoms with Gasteiger partial charge in [0, 0.05) is 6.54 Å². The molecular formula is C7H10N3O. The number of nitrogens with one attached hydrogen (secondary N) is 1. The highest BCUT2D eigenvalue weighted by atomic mass is 16.5. The minimum atomic E-state index is 0.529. The van der Waals surface area contributed by atoms with E-state index in [1.165, 1.54) is 0 Å². The zero-order valence-electron chi connectivity index (χ0n) is 6.59. The highest BCUT2D eigenvalue weighted by Crippen LogP contribution is 2.17. The molecule has 59 valence electrons. The molecule has 1 aromatic rings. The van der Waals surface area contributed by atoms with Crippen molar-refractivity contribution >= 4 is 5.69 Å². The van der Waals surface area contributed by atoms with Crippen molar-refractivity contribution in [1.29, 1.82) is 0 Å². The highest BCUT2D eigenvalue weighted by Gasteiger charge is 2.00. The van der Waals surface area contributed by atoms with Crippen LogP contribution in [0.1, 0.15) is 6.92 Å². The van der Waals surface area contributed by atoms with E-state index >= 15 is 0 Å². The second-order valence-electron chi connectivity index (χ2n) is 1.92. The van der Waals surface area contributed by atoms with Crippen LogP contribution in [0.25, 0.3) is 0 Å². The summed E-state index contributed by atoms with van der Waals surface area (Å²) in [6, 6.07) is 0. The summed E-state index contributed by atoms with van der Waals surface area (Å²) in [6.45, 7) is 2.82. The predicted molar refractivity (Wildman–Crippen MR) is 41.6 cm³/mol. The van der Waals surface area contributed by atoms with E-state index in [0.29, 0.717) is 5.88 Å². The minimum Gasteiger partial charge on any atom is -0.479 e. The fourth-order valence-electron chi connectivity index (χ4n) is 0.750. The van der Waals surface area contributed by atoms with E-state index in [1.807, 2.05) is 6.92 Å². The van der Waals surface area contributed by atoms with Crippen LogP contribution in [0.4, 0.5) is 5.69 Å². The van der Waals surface area contributed by atoms with Crippen molar-refractivity contribution in [2.45, 2.75) is 6.92 Å². The molecule has 0 saturated carbocycles. The van der Waals surface area contributed by atoms with Crippen molar-refractivity contribution in [3.05, 3.63) is 12.5 Å². The van der Waals surface area contributed by atoms with Gasteiger partial charge < -0.3 is 10.1 Å². The maximum absolute atomic E-state index is 4.95. The lowest BCUT2D eigenvalue weighted by molar-refractivity contribution is 0.398. The Hall–Kier alpha value is -1.32. The van der Waals surface area contributed by atoms with E-state index in [1.54, 1.807) is 13.3 Å². The zero-order valence-corrected chi connectivity index (χ0v) is 6.59. The predicted octanol–water partition coefficient (Wildman–Crippen LogP) is 0.717. The molecule has 4 heteroatoms. The highest BCUT2D eigenvalue weighted by molar-refractivity contribution is 5.49. The van der Waals surface area contributed by atoms with E-state index in [9.17, 15) is 0 Å². The van der Waals surface area contributed by atoms with E-state index < -0.39 is 0 Å². The molecule has 1 rings (SSSR count). The normalized spacial score (nSPS) is 9.27. The number of anilines is 1. The van der Waals surface area contributed by atoms with E-state index in [-0.39, 0.29) is 0 Å². The molecule has 0 aromatic carbocycles. The maximum atomic E-state index is 4.95. The molecular weight excluding hydrogens is 142 g/mol. The molecule has 0 aliphatic heterocycles. The van der Waals surface area contributed by atoms with Crippen molar-refractivity contribution in [3.63, 3.8) is 0 Å². The van der Waals surface area contributed by atoms with Gasteiger partial charge in [-0.1, -0.05) is 0 Å². The number of aromatic nitrogens is 2. The van der Waals surface area contributed by atoms with Crippen LogP contribution in [0.2, 0.25) is 0 Å². The standard InChI is InChI=1S/C7H10N3O/c1-3-9-6-4-8-5-10-7(6)11-2/h4,9H,3H2,1-2H3. The molecule has 0 spiro atoms. The third kappa shape index (κ3) is 1.80. The number of rotatable bonds is 3. The fourth-order valence-corrected chi connectivity index (χ4v) is 0.750. The van der Waals surface area contributed by atoms with Crippen LogP contribution in [0, 0.1) is 6.33 Å². The molecule has 0 aliphatic rings. The third-order valence-corrected chi connectivity index (χ3v) is 1.19. The van der Waals surface area contributed by atoms with Crippen LogP contribution in [0.5, 0.6) is 5.88 Å². The summed E-state index contributed by atoms with van der Waals surface area (Å²) in [7, 11) is 1.57. The quantitative estimate of drug-likeness (QED) is 0.693. The van der Waals surface area contributed by atoms with Crippen molar-refractivity contribution < 1.29 is 4.74 Å². The molecule has 0 atom stereocenters. The van der Waals surface area contributed by atoms with Gasteiger partial charge in [0.25, 0.3) is 0 Å². The van der Waals surface area contributed by atoms with Gasteiger partial charge in [-0.25, -0.2) is 4.98 Å². The Bertz CT molecular complexity index is 227. The Morgan fingerprint density at radius 2 is 2.55 bits per heavy atom. The van der Waals surface area contributed by atoms with Gasteiger partial charge in [0.15, 0.2) is 0 Å². The van der Waals surface area contributed by atoms with E-state index in [4.69, 9.17) is 4.74 Å². The Morgan fingerprint density at radius 3 is 3.18 bits per heavy atom. The van der Waals surface area contributed by atoms with Gasteiger partial charge in [0.2, 0.25) is 12.2 Å². The van der Waals surface area contributed by atoms with Crippen LogP contribution in [0.15, 0.2) is 6.20 Å². The molecule has 1 aromatic heterocycles. The van der Waals surface area contributed by atoms with Gasteiger partial charge in [-0.15, -0.1) is 0 Å². The molecule has 0 amide bonds. The SMILES string of the molecule is CCNc1cn[c]nc1OC. The van der Waals surface area contributed by atoms with Crippen LogP contribution in [0.3, 0.4) is 0 Å². The first kappa shape index (κ1) is 7.78. The van der Waals surface area contributed by atoms with Crippen LogP contribution in [-0.4, -0.2) is 23.6 Å². The lowest BCUT2D eigenvalue weighted by atomic mass is 10.5. The Labute approximate surface area is 65.6 Å². The zero-order chi connectivity index (χ0) is 8.10. The van der Waals surface area contributed by atoms with Gasteiger partial charge >= 0.3 is 0 Å². The van der Waals surface area contributed by atoms with Gasteiger partial charge in [-0.2, -0.15) is 4.98 Å². The molecule has 0 saturated heterocycles. The number of ether oxygens (including phenoxy) is 1. The number of hydrogen-bond acceptors (Lipinski definition) is 4. The summed E-state index contributed by atoms with van der Waals surface area (Å²) in [5.41, 5.74) is 0.800. The average Bonchev–Trinajstić information content (AvgIpc) is 2.06. The van der Waals surface area contributed by atoms with E-state index in [2.05, 4.69) is 21.6 Å². The van der Waals surface area contributed by atoms with Crippen LogP contribution < -0.4 is 10.1 Å². The molecule has 4 nitrogen and oxygen atoms in total. The molecule has 0 bridgehead atoms. The first-order chi connectivity index (χ1) is 5.38. The number of hydrogen-bond donors (Lipinski definition) is 1. The van der Waals surface area contributed by atoms with Gasteiger partial charge in [0.1, 0.15) is 5.69 Å². The molecule has 1 heterocycles. The largest absolute Gasteiger partial charge is 0.479 e. The molecule has 1 radical (unpaired) electrons. The fraction of sp³-hybridized carbons (Fsp3) is 0.429. The van der Waals surface area contributed by atoms with Crippen molar-refractivity contribution in [2.24, 2.45) is 0 Å². The summed E-state index contributed by atoms with van der Waals surface area (Å²) >= 11 is 0. The Morgan fingerprint density at radius 1 is 1.73 bits per heavy atom. The second kappa shape index (κ2) is 3.75. The second-order valence-corrected chi connectivity index (χ2v) is 1.92. The first-order valence-electron chi connectivity index (χ1n) is 3.39. The molecule has 0 fully saturated rings. The maximum Gasteiger partial charge on any atom is 0.240 e. The Kier molecular flexibility index (Phi) is 2.66. The van der Waals surface area contributed by atoms with Gasteiger partial charge in [0.05, 0.1) is 13.3 Å². The summed E-state index contributed by atoms with van der Waals surface area (Å²) in [6.07, 6.45) is 4.08. The minimum absolute atomic E-state index is 0.529. The van der Waals surface area contributed by atoms with Crippen molar-refractivity contribution in [1.82, 2.24) is 9.97 Å². The van der Waals surface area contributed by atoms with Crippen molar-refractivity contribution in [2.75, 3.05) is 19.0 Å². The lowest BCUT2D eigenvalue weighted by Gasteiger charge is -2.05. The lowest BCUT2D eigenvalue weighted by Crippen LogP contribution is -2.01. The average molecular weight is 152 g/mol. The summed E-state index contributed by atoms with van der Waals surface area (Å²) in [4.78, 5) is 7.53. The van der Waals surface area contributed by atoms with Crippen molar-refractivity contribution in [3.8, 4) is 5.88 Å². The Balaban J connectivity index is 2.83. The number of nitrogens with zero attached hydrogens (tertiary/aromatic N) is 2. The smallest absolute Gasteiger partial charge is 0.240 e. The topological polar surface area (TPSA) is 47.0 Å². The molecule has 11 heavy (non-hydrogen) atoms. The molecule has 1 N–H and O–H groups in total. The molecule has 0 unspecified atom stereocenters. The summed E-state index contributed by atoms with van der Waals surface area (Å²) < 4.78 is 4.95. The molecule has 0 aliphatic carbocycles. The van der Waals surface area contributed by atoms with Gasteiger partial charge in [-0.05, 0) is 6.92 Å².